The molecule has 0 spiro atoms. The SMILES string of the molecule is Nc1nccc(C(=O)NCCS(N)(=O)=O)c1F. The third kappa shape index (κ3) is 3.96. The lowest BCUT2D eigenvalue weighted by Crippen LogP contribution is -2.32. The lowest BCUT2D eigenvalue weighted by atomic mass is 10.2. The minimum atomic E-state index is -3.67. The average molecular weight is 262 g/mol. The number of primary sulfonamides is 1. The van der Waals surface area contributed by atoms with Crippen molar-refractivity contribution < 1.29 is 17.6 Å². The van der Waals surface area contributed by atoms with Crippen LogP contribution in [0.15, 0.2) is 12.3 Å². The van der Waals surface area contributed by atoms with Crippen molar-refractivity contribution >= 4 is 21.7 Å². The zero-order valence-electron chi connectivity index (χ0n) is 8.68. The number of carbonyl (C=O) groups excluding carboxylic acids is 1. The minimum Gasteiger partial charge on any atom is -0.381 e. The highest BCUT2D eigenvalue weighted by atomic mass is 32.2. The van der Waals surface area contributed by atoms with Crippen LogP contribution in [0, 0.1) is 5.82 Å². The molecule has 0 radical (unpaired) electrons. The van der Waals surface area contributed by atoms with Gasteiger partial charge in [0.2, 0.25) is 10.0 Å². The summed E-state index contributed by atoms with van der Waals surface area (Å²) in [6, 6.07) is 1.14. The minimum absolute atomic E-state index is 0.209. The Balaban J connectivity index is 2.68. The molecule has 17 heavy (non-hydrogen) atoms. The first-order chi connectivity index (χ1) is 7.81. The number of halogens is 1. The number of nitrogens with zero attached hydrogens (tertiary/aromatic N) is 1. The predicted octanol–water partition coefficient (Wildman–Crippen LogP) is -1.18. The van der Waals surface area contributed by atoms with E-state index in [1.165, 1.54) is 6.20 Å². The number of nitrogen functional groups attached to an aromatic ring is 1. The monoisotopic (exact) mass is 262 g/mol. The summed E-state index contributed by atoms with van der Waals surface area (Å²) < 4.78 is 34.5. The second-order valence-corrected chi connectivity index (χ2v) is 4.91. The molecule has 0 atom stereocenters. The van der Waals surface area contributed by atoms with Gasteiger partial charge in [-0.15, -0.1) is 0 Å². The summed E-state index contributed by atoms with van der Waals surface area (Å²) in [6.07, 6.45) is 1.17. The Kier molecular flexibility index (Phi) is 3.97. The molecule has 0 aliphatic rings. The Morgan fingerprint density at radius 1 is 1.53 bits per heavy atom. The van der Waals surface area contributed by atoms with Crippen molar-refractivity contribution in [2.45, 2.75) is 0 Å². The van der Waals surface area contributed by atoms with Crippen molar-refractivity contribution in [3.05, 3.63) is 23.6 Å². The van der Waals surface area contributed by atoms with Gasteiger partial charge in [0.25, 0.3) is 5.91 Å². The number of aromatic nitrogens is 1. The van der Waals surface area contributed by atoms with Gasteiger partial charge in [-0.25, -0.2) is 22.9 Å². The number of hydrogen-bond acceptors (Lipinski definition) is 5. The fraction of sp³-hybridized carbons (Fsp3) is 0.250. The van der Waals surface area contributed by atoms with E-state index in [4.69, 9.17) is 10.9 Å². The molecule has 0 aliphatic carbocycles. The van der Waals surface area contributed by atoms with Crippen LogP contribution < -0.4 is 16.2 Å². The molecular weight excluding hydrogens is 251 g/mol. The fourth-order valence-electron chi connectivity index (χ4n) is 1.04. The first kappa shape index (κ1) is 13.3. The maximum Gasteiger partial charge on any atom is 0.254 e. The summed E-state index contributed by atoms with van der Waals surface area (Å²) in [5.74, 6) is -2.55. The van der Waals surface area contributed by atoms with Gasteiger partial charge >= 0.3 is 0 Å². The molecule has 1 aromatic rings. The fourth-order valence-corrected chi connectivity index (χ4v) is 1.42. The van der Waals surface area contributed by atoms with Crippen LogP contribution >= 0.6 is 0 Å². The number of rotatable bonds is 4. The summed E-state index contributed by atoms with van der Waals surface area (Å²) >= 11 is 0. The molecular formula is C8H11FN4O3S. The molecule has 9 heteroatoms. The molecule has 0 unspecified atom stereocenters. The first-order valence-corrected chi connectivity index (χ1v) is 6.21. The van der Waals surface area contributed by atoms with Crippen LogP contribution in [0.1, 0.15) is 10.4 Å². The van der Waals surface area contributed by atoms with Gasteiger partial charge in [0.1, 0.15) is 0 Å². The van der Waals surface area contributed by atoms with Crippen LogP contribution in [0.5, 0.6) is 0 Å². The molecule has 1 rings (SSSR count). The second kappa shape index (κ2) is 5.06. The second-order valence-electron chi connectivity index (χ2n) is 3.18. The van der Waals surface area contributed by atoms with E-state index in [1.807, 2.05) is 0 Å². The van der Waals surface area contributed by atoms with E-state index < -0.39 is 33.3 Å². The number of amides is 1. The summed E-state index contributed by atoms with van der Waals surface area (Å²) in [5.41, 5.74) is 4.88. The van der Waals surface area contributed by atoms with Crippen molar-refractivity contribution in [1.82, 2.24) is 10.3 Å². The van der Waals surface area contributed by atoms with Gasteiger partial charge < -0.3 is 11.1 Å². The molecule has 1 heterocycles. The number of nitrogens with one attached hydrogen (secondary N) is 1. The lowest BCUT2D eigenvalue weighted by Gasteiger charge is -2.05. The number of anilines is 1. The highest BCUT2D eigenvalue weighted by molar-refractivity contribution is 7.89. The predicted molar refractivity (Wildman–Crippen MR) is 58.9 cm³/mol. The van der Waals surface area contributed by atoms with E-state index >= 15 is 0 Å². The molecule has 0 aliphatic heterocycles. The highest BCUT2D eigenvalue weighted by Crippen LogP contribution is 2.11. The standard InChI is InChI=1S/C8H11FN4O3S/c9-6-5(1-2-12-7(6)10)8(14)13-3-4-17(11,15)16/h1-2H,3-4H2,(H2,10,12)(H,13,14)(H2,11,15,16). The molecule has 0 bridgehead atoms. The third-order valence-corrected chi connectivity index (χ3v) is 2.61. The van der Waals surface area contributed by atoms with Crippen LogP contribution in [0.2, 0.25) is 0 Å². The molecule has 0 saturated heterocycles. The number of hydrogen-bond donors (Lipinski definition) is 3. The number of pyridine rings is 1. The van der Waals surface area contributed by atoms with E-state index in [-0.39, 0.29) is 12.1 Å². The van der Waals surface area contributed by atoms with Crippen LogP contribution in [-0.2, 0) is 10.0 Å². The zero-order chi connectivity index (χ0) is 13.1. The maximum atomic E-state index is 13.3. The van der Waals surface area contributed by atoms with Gasteiger partial charge in [0.05, 0.1) is 11.3 Å². The Labute approximate surface area is 97.1 Å². The number of sulfonamides is 1. The van der Waals surface area contributed by atoms with E-state index in [0.717, 1.165) is 6.07 Å². The van der Waals surface area contributed by atoms with Gasteiger partial charge in [-0.05, 0) is 6.07 Å². The number of carbonyl (C=O) groups is 1. The van der Waals surface area contributed by atoms with Crippen molar-refractivity contribution in [1.29, 1.82) is 0 Å². The average Bonchev–Trinajstić information content (AvgIpc) is 2.20. The molecule has 0 saturated carbocycles. The Bertz CT molecular complexity index is 532. The lowest BCUT2D eigenvalue weighted by molar-refractivity contribution is 0.0952. The normalized spacial score (nSPS) is 11.2. The largest absolute Gasteiger partial charge is 0.381 e. The van der Waals surface area contributed by atoms with Crippen molar-refractivity contribution in [3.63, 3.8) is 0 Å². The summed E-state index contributed by atoms with van der Waals surface area (Å²) in [5, 5.41) is 6.93. The summed E-state index contributed by atoms with van der Waals surface area (Å²) in [4.78, 5) is 14.9. The highest BCUT2D eigenvalue weighted by Gasteiger charge is 2.14. The van der Waals surface area contributed by atoms with Crippen LogP contribution in [0.3, 0.4) is 0 Å². The summed E-state index contributed by atoms with van der Waals surface area (Å²) in [6.45, 7) is -0.209. The van der Waals surface area contributed by atoms with E-state index in [0.29, 0.717) is 0 Å². The molecule has 1 aromatic heterocycles. The van der Waals surface area contributed by atoms with Gasteiger partial charge in [-0.2, -0.15) is 0 Å². The van der Waals surface area contributed by atoms with Gasteiger partial charge in [-0.3, -0.25) is 4.79 Å². The quantitative estimate of drug-likeness (QED) is 0.629. The van der Waals surface area contributed by atoms with E-state index in [9.17, 15) is 17.6 Å². The van der Waals surface area contributed by atoms with Crippen LogP contribution in [-0.4, -0.2) is 31.6 Å². The Hall–Kier alpha value is -1.74. The van der Waals surface area contributed by atoms with Crippen LogP contribution in [0.25, 0.3) is 0 Å². The molecule has 1 amide bonds. The van der Waals surface area contributed by atoms with Gasteiger partial charge in [-0.1, -0.05) is 0 Å². The van der Waals surface area contributed by atoms with Gasteiger partial charge in [0, 0.05) is 12.7 Å². The van der Waals surface area contributed by atoms with Crippen molar-refractivity contribution in [2.24, 2.45) is 5.14 Å². The third-order valence-electron chi connectivity index (χ3n) is 1.83. The summed E-state index contributed by atoms with van der Waals surface area (Å²) in [7, 11) is -3.67. The van der Waals surface area contributed by atoms with Crippen molar-refractivity contribution in [3.8, 4) is 0 Å². The van der Waals surface area contributed by atoms with Crippen molar-refractivity contribution in [2.75, 3.05) is 18.0 Å². The topological polar surface area (TPSA) is 128 Å². The number of nitrogens with two attached hydrogens (primary N) is 2. The molecule has 0 fully saturated rings. The van der Waals surface area contributed by atoms with E-state index in [1.54, 1.807) is 0 Å². The Morgan fingerprint density at radius 3 is 2.76 bits per heavy atom. The van der Waals surface area contributed by atoms with Crippen LogP contribution in [0.4, 0.5) is 10.2 Å². The molecule has 94 valence electrons. The molecule has 5 N–H and O–H groups in total. The zero-order valence-corrected chi connectivity index (χ0v) is 9.50. The molecule has 0 aromatic carbocycles. The molecule has 7 nitrogen and oxygen atoms in total. The maximum absolute atomic E-state index is 13.3. The van der Waals surface area contributed by atoms with E-state index in [2.05, 4.69) is 10.3 Å². The smallest absolute Gasteiger partial charge is 0.254 e. The van der Waals surface area contributed by atoms with Gasteiger partial charge in [0.15, 0.2) is 11.6 Å². The Morgan fingerprint density at radius 2 is 2.18 bits per heavy atom. The first-order valence-electron chi connectivity index (χ1n) is 4.50.